The predicted molar refractivity (Wildman–Crippen MR) is 93.7 cm³/mol. The van der Waals surface area contributed by atoms with E-state index in [2.05, 4.69) is 0 Å². The van der Waals surface area contributed by atoms with Gasteiger partial charge in [-0.3, -0.25) is 15.1 Å². The van der Waals surface area contributed by atoms with Crippen molar-refractivity contribution in [1.82, 2.24) is 0 Å². The van der Waals surface area contributed by atoms with Crippen LogP contribution in [-0.4, -0.2) is 16.8 Å². The van der Waals surface area contributed by atoms with Crippen LogP contribution in [0.25, 0.3) is 0 Å². The molecule has 0 bridgehead atoms. The van der Waals surface area contributed by atoms with Gasteiger partial charge in [0.1, 0.15) is 5.82 Å². The van der Waals surface area contributed by atoms with Gasteiger partial charge in [0, 0.05) is 5.56 Å². The minimum atomic E-state index is -0.291. The molecule has 0 spiro atoms. The molecular formula is C18H17FN2O2S. The second-order valence-corrected chi connectivity index (χ2v) is 6.54. The summed E-state index contributed by atoms with van der Waals surface area (Å²) in [6.45, 7) is 2.51. The van der Waals surface area contributed by atoms with Gasteiger partial charge in [-0.05, 0) is 36.2 Å². The Kier molecular flexibility index (Phi) is 4.97. The molecule has 1 amide bonds. The number of aryl methyl sites for hydroxylation is 1. The lowest BCUT2D eigenvalue weighted by Crippen LogP contribution is -2.29. The number of amidine groups is 1. The van der Waals surface area contributed by atoms with Gasteiger partial charge >= 0.3 is 0 Å². The van der Waals surface area contributed by atoms with Gasteiger partial charge in [-0.1, -0.05) is 36.0 Å². The molecule has 124 valence electrons. The molecule has 0 radical (unpaired) electrons. The van der Waals surface area contributed by atoms with E-state index in [4.69, 9.17) is 10.1 Å². The van der Waals surface area contributed by atoms with E-state index in [1.807, 2.05) is 25.1 Å². The standard InChI is InChI=1S/C18H17FN2O2S/c1-12-5-6-14(10-23-9-13-3-2-4-15(19)8-13)16(7-12)21-17(22)11-24-18(21)20/h2-8,20H,9-11H2,1H3. The number of nitrogens with zero attached hydrogens (tertiary/aromatic N) is 1. The number of rotatable bonds is 5. The first-order chi connectivity index (χ1) is 11.5. The van der Waals surface area contributed by atoms with Crippen LogP contribution in [0, 0.1) is 18.2 Å². The number of nitrogens with one attached hydrogen (secondary N) is 1. The van der Waals surface area contributed by atoms with Gasteiger partial charge in [-0.2, -0.15) is 0 Å². The van der Waals surface area contributed by atoms with Gasteiger partial charge in [0.15, 0.2) is 5.17 Å². The molecular weight excluding hydrogens is 327 g/mol. The highest BCUT2D eigenvalue weighted by Gasteiger charge is 2.30. The normalized spacial score (nSPS) is 14.5. The minimum Gasteiger partial charge on any atom is -0.372 e. The third kappa shape index (κ3) is 3.66. The fourth-order valence-corrected chi connectivity index (χ4v) is 3.24. The van der Waals surface area contributed by atoms with Crippen molar-refractivity contribution in [2.24, 2.45) is 0 Å². The Bertz CT molecular complexity index is 778. The Morgan fingerprint density at radius 2 is 2.08 bits per heavy atom. The van der Waals surface area contributed by atoms with E-state index in [-0.39, 0.29) is 35.9 Å². The first-order valence-electron chi connectivity index (χ1n) is 7.50. The monoisotopic (exact) mass is 344 g/mol. The highest BCUT2D eigenvalue weighted by molar-refractivity contribution is 8.15. The van der Waals surface area contributed by atoms with E-state index in [0.29, 0.717) is 5.69 Å². The van der Waals surface area contributed by atoms with Crippen LogP contribution >= 0.6 is 11.8 Å². The first kappa shape index (κ1) is 16.7. The van der Waals surface area contributed by atoms with Crippen molar-refractivity contribution in [3.8, 4) is 0 Å². The molecule has 0 saturated carbocycles. The van der Waals surface area contributed by atoms with E-state index in [0.717, 1.165) is 16.7 Å². The quantitative estimate of drug-likeness (QED) is 0.896. The van der Waals surface area contributed by atoms with Crippen molar-refractivity contribution in [2.45, 2.75) is 20.1 Å². The summed E-state index contributed by atoms with van der Waals surface area (Å²) in [4.78, 5) is 13.5. The molecule has 4 nitrogen and oxygen atoms in total. The zero-order valence-corrected chi connectivity index (χ0v) is 14.0. The summed E-state index contributed by atoms with van der Waals surface area (Å²) in [5, 5.41) is 8.19. The largest absolute Gasteiger partial charge is 0.372 e. The number of benzene rings is 2. The molecule has 1 fully saturated rings. The number of halogens is 1. The van der Waals surface area contributed by atoms with Gasteiger partial charge in [-0.25, -0.2) is 4.39 Å². The van der Waals surface area contributed by atoms with Crippen LogP contribution in [0.3, 0.4) is 0 Å². The molecule has 1 heterocycles. The Morgan fingerprint density at radius 3 is 2.79 bits per heavy atom. The molecule has 2 aromatic carbocycles. The highest BCUT2D eigenvalue weighted by Crippen LogP contribution is 2.30. The Hall–Kier alpha value is -2.18. The van der Waals surface area contributed by atoms with Crippen molar-refractivity contribution < 1.29 is 13.9 Å². The lowest BCUT2D eigenvalue weighted by molar-refractivity contribution is -0.115. The van der Waals surface area contributed by atoms with E-state index in [1.165, 1.54) is 28.8 Å². The molecule has 0 unspecified atom stereocenters. The number of carbonyl (C=O) groups is 1. The minimum absolute atomic E-state index is 0.0954. The second-order valence-electron chi connectivity index (χ2n) is 5.58. The van der Waals surface area contributed by atoms with Crippen LogP contribution in [0.2, 0.25) is 0 Å². The lowest BCUT2D eigenvalue weighted by atomic mass is 10.1. The van der Waals surface area contributed by atoms with Gasteiger partial charge < -0.3 is 4.74 Å². The van der Waals surface area contributed by atoms with Crippen molar-refractivity contribution in [3.63, 3.8) is 0 Å². The van der Waals surface area contributed by atoms with Crippen LogP contribution in [0.5, 0.6) is 0 Å². The molecule has 2 aromatic rings. The zero-order chi connectivity index (χ0) is 17.1. The summed E-state index contributed by atoms with van der Waals surface area (Å²) in [5.74, 6) is -0.0988. The highest BCUT2D eigenvalue weighted by atomic mass is 32.2. The fourth-order valence-electron chi connectivity index (χ4n) is 2.53. The van der Waals surface area contributed by atoms with Gasteiger partial charge in [0.25, 0.3) is 0 Å². The summed E-state index contributed by atoms with van der Waals surface area (Å²) in [7, 11) is 0. The molecule has 24 heavy (non-hydrogen) atoms. The summed E-state index contributed by atoms with van der Waals surface area (Å²) >= 11 is 1.22. The zero-order valence-electron chi connectivity index (χ0n) is 13.2. The summed E-state index contributed by atoms with van der Waals surface area (Å²) in [6.07, 6.45) is 0. The van der Waals surface area contributed by atoms with E-state index < -0.39 is 0 Å². The van der Waals surface area contributed by atoms with E-state index in [9.17, 15) is 9.18 Å². The first-order valence-corrected chi connectivity index (χ1v) is 8.49. The Labute approximate surface area is 144 Å². The lowest BCUT2D eigenvalue weighted by Gasteiger charge is -2.20. The smallest absolute Gasteiger partial charge is 0.243 e. The maximum atomic E-state index is 13.2. The molecule has 1 aliphatic rings. The summed E-state index contributed by atoms with van der Waals surface area (Å²) in [5.41, 5.74) is 3.28. The Morgan fingerprint density at radius 1 is 1.25 bits per heavy atom. The average Bonchev–Trinajstić information content (AvgIpc) is 2.88. The molecule has 0 aliphatic carbocycles. The Balaban J connectivity index is 1.76. The van der Waals surface area contributed by atoms with Gasteiger partial charge in [0.05, 0.1) is 24.7 Å². The number of thioether (sulfide) groups is 1. The number of hydrogen-bond acceptors (Lipinski definition) is 4. The van der Waals surface area contributed by atoms with Gasteiger partial charge in [0.2, 0.25) is 5.91 Å². The molecule has 3 rings (SSSR count). The maximum Gasteiger partial charge on any atom is 0.243 e. The molecule has 6 heteroatoms. The van der Waals surface area contributed by atoms with Crippen molar-refractivity contribution in [2.75, 3.05) is 10.7 Å². The number of carbonyl (C=O) groups excluding carboxylic acids is 1. The molecule has 0 atom stereocenters. The molecule has 1 N–H and O–H groups in total. The van der Waals surface area contributed by atoms with Crippen LogP contribution in [0.15, 0.2) is 42.5 Å². The third-order valence-electron chi connectivity index (χ3n) is 3.68. The van der Waals surface area contributed by atoms with Crippen molar-refractivity contribution in [3.05, 3.63) is 65.0 Å². The number of anilines is 1. The fraction of sp³-hybridized carbons (Fsp3) is 0.222. The van der Waals surface area contributed by atoms with Crippen molar-refractivity contribution in [1.29, 1.82) is 5.41 Å². The topological polar surface area (TPSA) is 53.4 Å². The molecule has 1 saturated heterocycles. The SMILES string of the molecule is Cc1ccc(COCc2cccc(F)c2)c(N2C(=N)SCC2=O)c1. The average molecular weight is 344 g/mol. The molecule has 1 aliphatic heterocycles. The number of ether oxygens (including phenoxy) is 1. The van der Waals surface area contributed by atoms with Crippen LogP contribution in [0.1, 0.15) is 16.7 Å². The maximum absolute atomic E-state index is 13.2. The van der Waals surface area contributed by atoms with Crippen LogP contribution in [-0.2, 0) is 22.7 Å². The summed E-state index contributed by atoms with van der Waals surface area (Å²) < 4.78 is 18.9. The predicted octanol–water partition coefficient (Wildman–Crippen LogP) is 3.87. The van der Waals surface area contributed by atoms with Crippen LogP contribution < -0.4 is 4.90 Å². The third-order valence-corrected chi connectivity index (χ3v) is 4.53. The summed E-state index contributed by atoms with van der Waals surface area (Å²) in [6, 6.07) is 12.0. The second kappa shape index (κ2) is 7.15. The number of amides is 1. The van der Waals surface area contributed by atoms with Gasteiger partial charge in [-0.15, -0.1) is 0 Å². The van der Waals surface area contributed by atoms with E-state index >= 15 is 0 Å². The van der Waals surface area contributed by atoms with Crippen molar-refractivity contribution >= 4 is 28.5 Å². The van der Waals surface area contributed by atoms with E-state index in [1.54, 1.807) is 12.1 Å². The molecule has 0 aromatic heterocycles. The number of hydrogen-bond donors (Lipinski definition) is 1. The van der Waals surface area contributed by atoms with Crippen LogP contribution in [0.4, 0.5) is 10.1 Å².